The molecule has 1 aromatic heterocycles. The molecule has 0 fully saturated rings. The van der Waals surface area contributed by atoms with Crippen LogP contribution in [0.5, 0.6) is 0 Å². The Labute approximate surface area is 190 Å². The molecule has 0 unspecified atom stereocenters. The number of halogens is 1. The van der Waals surface area contributed by atoms with Crippen LogP contribution in [-0.2, 0) is 32.5 Å². The molecule has 1 aliphatic heterocycles. The molecule has 0 atom stereocenters. The number of benzene rings is 1. The van der Waals surface area contributed by atoms with Gasteiger partial charge in [0.25, 0.3) is 0 Å². The number of hydrogen-bond donors (Lipinski definition) is 1. The van der Waals surface area contributed by atoms with Crippen molar-refractivity contribution in [3.63, 3.8) is 0 Å². The molecule has 0 saturated heterocycles. The first-order valence-electron chi connectivity index (χ1n) is 10.3. The fourth-order valence-electron chi connectivity index (χ4n) is 3.64. The summed E-state index contributed by atoms with van der Waals surface area (Å²) in [4.78, 5) is 18.9. The number of fused-ring (bicyclic) bond motifs is 1. The number of nitrogens with zero attached hydrogens (tertiary/aromatic N) is 5. The Kier molecular flexibility index (Phi) is 9.19. The zero-order chi connectivity index (χ0) is 19.9. The van der Waals surface area contributed by atoms with Gasteiger partial charge < -0.3 is 10.2 Å². The van der Waals surface area contributed by atoms with Gasteiger partial charge in [-0.2, -0.15) is 5.10 Å². The van der Waals surface area contributed by atoms with E-state index in [4.69, 9.17) is 0 Å². The minimum Gasteiger partial charge on any atom is -0.356 e. The third-order valence-electron chi connectivity index (χ3n) is 5.29. The van der Waals surface area contributed by atoms with Gasteiger partial charge in [-0.1, -0.05) is 31.2 Å². The van der Waals surface area contributed by atoms with Gasteiger partial charge in [0.15, 0.2) is 5.96 Å². The Bertz CT molecular complexity index is 855. The first-order valence-corrected chi connectivity index (χ1v) is 10.3. The monoisotopic (exact) mass is 512 g/mol. The van der Waals surface area contributed by atoms with E-state index in [9.17, 15) is 4.79 Å². The topological polar surface area (TPSA) is 67.5 Å². The molecule has 3 rings (SSSR count). The van der Waals surface area contributed by atoms with E-state index in [1.54, 1.807) is 11.7 Å². The zero-order valence-corrected chi connectivity index (χ0v) is 20.1. The normalized spacial score (nSPS) is 13.6. The standard InChI is InChI=1S/C21H32N6O.HI/c1-4-17-9-11-18(12-10-17)16-25(3)20(22-2)23-13-7-15-27-21(28)26-14-6-5-8-19(26)24-27;/h9-12H,4-8,13-16H2,1-3H3,(H,22,23);1H. The molecule has 29 heavy (non-hydrogen) atoms. The Morgan fingerprint density at radius 1 is 1.24 bits per heavy atom. The fraction of sp³-hybridized carbons (Fsp3) is 0.571. The number of hydrogen-bond acceptors (Lipinski definition) is 3. The molecule has 1 N–H and O–H groups in total. The molecule has 160 valence electrons. The number of aromatic nitrogens is 3. The molecule has 0 saturated carbocycles. The maximum Gasteiger partial charge on any atom is 0.345 e. The van der Waals surface area contributed by atoms with Gasteiger partial charge in [0.05, 0.1) is 0 Å². The van der Waals surface area contributed by atoms with Crippen molar-refractivity contribution in [2.24, 2.45) is 4.99 Å². The average molecular weight is 512 g/mol. The fourth-order valence-corrected chi connectivity index (χ4v) is 3.64. The summed E-state index contributed by atoms with van der Waals surface area (Å²) in [6.07, 6.45) is 5.00. The lowest BCUT2D eigenvalue weighted by atomic mass is 10.1. The van der Waals surface area contributed by atoms with E-state index in [-0.39, 0.29) is 29.7 Å². The molecule has 2 aromatic rings. The Balaban J connectivity index is 0.00000300. The molecular weight excluding hydrogens is 479 g/mol. The summed E-state index contributed by atoms with van der Waals surface area (Å²) in [5.74, 6) is 1.80. The van der Waals surface area contributed by atoms with Gasteiger partial charge in [-0.05, 0) is 36.8 Å². The number of aliphatic imine (C=N–C) groups is 1. The van der Waals surface area contributed by atoms with Gasteiger partial charge in [0.2, 0.25) is 0 Å². The molecule has 7 nitrogen and oxygen atoms in total. The van der Waals surface area contributed by atoms with Crippen LogP contribution in [0.4, 0.5) is 0 Å². The molecular formula is C21H33IN6O. The maximum absolute atomic E-state index is 12.4. The van der Waals surface area contributed by atoms with Gasteiger partial charge in [-0.15, -0.1) is 24.0 Å². The molecule has 0 bridgehead atoms. The van der Waals surface area contributed by atoms with E-state index in [2.05, 4.69) is 51.5 Å². The summed E-state index contributed by atoms with van der Waals surface area (Å²) < 4.78 is 3.44. The third kappa shape index (κ3) is 6.07. The second kappa shape index (κ2) is 11.4. The molecule has 1 aromatic carbocycles. The minimum atomic E-state index is 0. The van der Waals surface area contributed by atoms with Crippen LogP contribution in [0, 0.1) is 0 Å². The lowest BCUT2D eigenvalue weighted by Crippen LogP contribution is -2.39. The van der Waals surface area contributed by atoms with Crippen molar-refractivity contribution in [3.8, 4) is 0 Å². The lowest BCUT2D eigenvalue weighted by molar-refractivity contribution is 0.469. The second-order valence-corrected chi connectivity index (χ2v) is 7.38. The molecule has 0 radical (unpaired) electrons. The van der Waals surface area contributed by atoms with E-state index in [0.717, 1.165) is 63.5 Å². The molecule has 0 amide bonds. The van der Waals surface area contributed by atoms with Crippen LogP contribution < -0.4 is 11.0 Å². The van der Waals surface area contributed by atoms with Crippen LogP contribution in [-0.4, -0.2) is 45.8 Å². The van der Waals surface area contributed by atoms with Crippen LogP contribution in [0.2, 0.25) is 0 Å². The highest BCUT2D eigenvalue weighted by Crippen LogP contribution is 2.09. The van der Waals surface area contributed by atoms with Crippen molar-refractivity contribution in [1.82, 2.24) is 24.6 Å². The van der Waals surface area contributed by atoms with Crippen molar-refractivity contribution in [2.75, 3.05) is 20.6 Å². The van der Waals surface area contributed by atoms with Crippen molar-refractivity contribution in [2.45, 2.75) is 58.7 Å². The highest BCUT2D eigenvalue weighted by atomic mass is 127. The van der Waals surface area contributed by atoms with Crippen LogP contribution in [0.1, 0.15) is 43.1 Å². The van der Waals surface area contributed by atoms with Crippen molar-refractivity contribution >= 4 is 29.9 Å². The van der Waals surface area contributed by atoms with Gasteiger partial charge >= 0.3 is 5.69 Å². The quantitative estimate of drug-likeness (QED) is 0.268. The highest BCUT2D eigenvalue weighted by molar-refractivity contribution is 14.0. The third-order valence-corrected chi connectivity index (χ3v) is 5.29. The Morgan fingerprint density at radius 2 is 1.97 bits per heavy atom. The number of nitrogens with one attached hydrogen (secondary N) is 1. The van der Waals surface area contributed by atoms with Crippen molar-refractivity contribution in [1.29, 1.82) is 0 Å². The number of aryl methyl sites for hydroxylation is 3. The molecule has 0 spiro atoms. The molecule has 8 heteroatoms. The van der Waals surface area contributed by atoms with Gasteiger partial charge in [-0.25, -0.2) is 9.48 Å². The summed E-state index contributed by atoms with van der Waals surface area (Å²) in [6.45, 7) is 5.16. The Hall–Kier alpha value is -1.84. The number of guanidine groups is 1. The van der Waals surface area contributed by atoms with Crippen LogP contribution in [0.3, 0.4) is 0 Å². The first-order chi connectivity index (χ1) is 13.6. The van der Waals surface area contributed by atoms with Gasteiger partial charge in [0.1, 0.15) is 5.82 Å². The van der Waals surface area contributed by atoms with Gasteiger partial charge in [0, 0.05) is 46.7 Å². The number of rotatable bonds is 7. The maximum atomic E-state index is 12.4. The summed E-state index contributed by atoms with van der Waals surface area (Å²) in [7, 11) is 3.84. The summed E-state index contributed by atoms with van der Waals surface area (Å²) >= 11 is 0. The van der Waals surface area contributed by atoms with E-state index < -0.39 is 0 Å². The summed E-state index contributed by atoms with van der Waals surface area (Å²) in [5.41, 5.74) is 2.65. The van der Waals surface area contributed by atoms with Crippen molar-refractivity contribution in [3.05, 3.63) is 51.7 Å². The van der Waals surface area contributed by atoms with Crippen molar-refractivity contribution < 1.29 is 0 Å². The van der Waals surface area contributed by atoms with Crippen LogP contribution in [0.25, 0.3) is 0 Å². The first kappa shape index (κ1) is 23.4. The van der Waals surface area contributed by atoms with Crippen LogP contribution in [0.15, 0.2) is 34.1 Å². The molecule has 2 heterocycles. The molecule has 1 aliphatic rings. The van der Waals surface area contributed by atoms with E-state index in [0.29, 0.717) is 6.54 Å². The summed E-state index contributed by atoms with van der Waals surface area (Å²) in [6, 6.07) is 8.72. The summed E-state index contributed by atoms with van der Waals surface area (Å²) in [5, 5.41) is 7.88. The average Bonchev–Trinajstić information content (AvgIpc) is 3.04. The SMILES string of the molecule is CCc1ccc(CN(C)C(=NC)NCCCn2nc3n(c2=O)CCCC3)cc1.I. The van der Waals surface area contributed by atoms with Crippen LogP contribution >= 0.6 is 24.0 Å². The highest BCUT2D eigenvalue weighted by Gasteiger charge is 2.16. The zero-order valence-electron chi connectivity index (χ0n) is 17.7. The second-order valence-electron chi connectivity index (χ2n) is 7.38. The van der Waals surface area contributed by atoms with E-state index in [1.165, 1.54) is 11.1 Å². The van der Waals surface area contributed by atoms with E-state index in [1.807, 2.05) is 11.6 Å². The van der Waals surface area contributed by atoms with Gasteiger partial charge in [-0.3, -0.25) is 9.56 Å². The van der Waals surface area contributed by atoms with E-state index >= 15 is 0 Å². The Morgan fingerprint density at radius 3 is 2.62 bits per heavy atom. The predicted octanol–water partition coefficient (Wildman–Crippen LogP) is 2.66. The largest absolute Gasteiger partial charge is 0.356 e. The lowest BCUT2D eigenvalue weighted by Gasteiger charge is -2.22. The minimum absolute atomic E-state index is 0. The molecule has 0 aliphatic carbocycles. The smallest absolute Gasteiger partial charge is 0.345 e. The predicted molar refractivity (Wildman–Crippen MR) is 128 cm³/mol.